The van der Waals surface area contributed by atoms with Gasteiger partial charge in [0.1, 0.15) is 5.82 Å². The molecular weight excluding hydrogens is 538 g/mol. The van der Waals surface area contributed by atoms with E-state index < -0.39 is 0 Å². The van der Waals surface area contributed by atoms with E-state index in [-0.39, 0.29) is 59.9 Å². The van der Waals surface area contributed by atoms with Crippen molar-refractivity contribution in [3.8, 4) is 0 Å². The minimum Gasteiger partial charge on any atom is -0.338 e. The van der Waals surface area contributed by atoms with Gasteiger partial charge in [0, 0.05) is 62.0 Å². The van der Waals surface area contributed by atoms with Crippen LogP contribution in [0, 0.1) is 25.6 Å². The first-order chi connectivity index (χ1) is 17.8. The maximum Gasteiger partial charge on any atom is 0.255 e. The number of benzene rings is 1. The molecule has 6 nitrogen and oxygen atoms in total. The number of aryl methyl sites for hydroxylation is 2. The Kier molecular flexibility index (Phi) is 10.4. The number of carbonyl (C=O) groups is 2. The van der Waals surface area contributed by atoms with Crippen molar-refractivity contribution in [3.63, 3.8) is 0 Å². The largest absolute Gasteiger partial charge is 0.338 e. The third kappa shape index (κ3) is 6.75. The van der Waals surface area contributed by atoms with Crippen LogP contribution in [0.3, 0.4) is 0 Å². The lowest BCUT2D eigenvalue weighted by atomic mass is 9.85. The Labute approximate surface area is 244 Å². The Morgan fingerprint density at radius 1 is 1.00 bits per heavy atom. The number of aromatic nitrogens is 1. The molecule has 1 aromatic heterocycles. The maximum absolute atomic E-state index is 14.4. The standard InChI is InChI=1S/C30H39FN4O2.2ClH/c1-21-10-15-32-22(2)27(21)29(37)33-18-13-30(3,14-19-33)34-16-11-25(12-17-34)35(28(36)23-8-9-23)20-24-6-4-5-7-26(24)31;;/h4-7,10,15,23,25H,8-9,11-14,16-20H2,1-3H3;2*1H. The quantitative estimate of drug-likeness (QED) is 0.449. The van der Waals surface area contributed by atoms with E-state index in [4.69, 9.17) is 0 Å². The van der Waals surface area contributed by atoms with Gasteiger partial charge in [0.15, 0.2) is 0 Å². The molecule has 39 heavy (non-hydrogen) atoms. The predicted octanol–water partition coefficient (Wildman–Crippen LogP) is 5.58. The van der Waals surface area contributed by atoms with Crippen LogP contribution < -0.4 is 0 Å². The number of hydrogen-bond acceptors (Lipinski definition) is 4. The topological polar surface area (TPSA) is 56.8 Å². The Balaban J connectivity index is 0.00000210. The van der Waals surface area contributed by atoms with Gasteiger partial charge in [-0.2, -0.15) is 0 Å². The van der Waals surface area contributed by atoms with Crippen molar-refractivity contribution in [1.29, 1.82) is 0 Å². The highest BCUT2D eigenvalue weighted by molar-refractivity contribution is 5.96. The smallest absolute Gasteiger partial charge is 0.255 e. The molecule has 214 valence electrons. The minimum atomic E-state index is -0.237. The van der Waals surface area contributed by atoms with Crippen molar-refractivity contribution >= 4 is 36.6 Å². The Morgan fingerprint density at radius 3 is 2.23 bits per heavy atom. The van der Waals surface area contributed by atoms with Gasteiger partial charge in [-0.15, -0.1) is 24.8 Å². The van der Waals surface area contributed by atoms with Crippen LogP contribution in [0.4, 0.5) is 4.39 Å². The molecule has 9 heteroatoms. The number of nitrogens with zero attached hydrogens (tertiary/aromatic N) is 4. The zero-order valence-electron chi connectivity index (χ0n) is 23.2. The van der Waals surface area contributed by atoms with Gasteiger partial charge in [0.2, 0.25) is 5.91 Å². The summed E-state index contributed by atoms with van der Waals surface area (Å²) >= 11 is 0. The van der Waals surface area contributed by atoms with E-state index in [0.29, 0.717) is 12.1 Å². The molecule has 0 N–H and O–H groups in total. The minimum absolute atomic E-state index is 0. The third-order valence-electron chi connectivity index (χ3n) is 8.87. The highest BCUT2D eigenvalue weighted by Crippen LogP contribution is 2.36. The summed E-state index contributed by atoms with van der Waals surface area (Å²) < 4.78 is 14.4. The van der Waals surface area contributed by atoms with Gasteiger partial charge in [0.05, 0.1) is 11.3 Å². The molecule has 0 atom stereocenters. The van der Waals surface area contributed by atoms with Gasteiger partial charge in [-0.05, 0) is 77.0 Å². The third-order valence-corrected chi connectivity index (χ3v) is 8.87. The molecule has 3 heterocycles. The van der Waals surface area contributed by atoms with E-state index in [1.165, 1.54) is 6.07 Å². The molecule has 2 amide bonds. The van der Waals surface area contributed by atoms with E-state index >= 15 is 0 Å². The second-order valence-electron chi connectivity index (χ2n) is 11.4. The van der Waals surface area contributed by atoms with Crippen LogP contribution in [0.25, 0.3) is 0 Å². The van der Waals surface area contributed by atoms with Gasteiger partial charge < -0.3 is 9.80 Å². The van der Waals surface area contributed by atoms with Crippen LogP contribution in [0.5, 0.6) is 0 Å². The Hall–Kier alpha value is -2.22. The normalized spacial score (nSPS) is 19.5. The molecule has 1 aromatic carbocycles. The fourth-order valence-corrected chi connectivity index (χ4v) is 6.16. The molecule has 2 aromatic rings. The predicted molar refractivity (Wildman–Crippen MR) is 156 cm³/mol. The molecule has 0 unspecified atom stereocenters. The zero-order valence-corrected chi connectivity index (χ0v) is 24.8. The number of amides is 2. The lowest BCUT2D eigenvalue weighted by molar-refractivity contribution is -0.137. The van der Waals surface area contributed by atoms with E-state index in [0.717, 1.165) is 81.5 Å². The number of hydrogen-bond donors (Lipinski definition) is 0. The fraction of sp³-hybridized carbons (Fsp3) is 0.567. The summed E-state index contributed by atoms with van der Waals surface area (Å²) in [5.74, 6) is 0.169. The van der Waals surface area contributed by atoms with Crippen LogP contribution in [-0.4, -0.2) is 69.3 Å². The van der Waals surface area contributed by atoms with E-state index in [2.05, 4.69) is 16.8 Å². The second kappa shape index (κ2) is 13.0. The van der Waals surface area contributed by atoms with Crippen LogP contribution in [0.1, 0.15) is 72.6 Å². The van der Waals surface area contributed by atoms with Crippen molar-refractivity contribution in [2.75, 3.05) is 26.2 Å². The summed E-state index contributed by atoms with van der Waals surface area (Å²) in [5, 5.41) is 0. The van der Waals surface area contributed by atoms with E-state index in [9.17, 15) is 14.0 Å². The number of pyridine rings is 1. The van der Waals surface area contributed by atoms with Gasteiger partial charge in [-0.25, -0.2) is 4.39 Å². The molecule has 5 rings (SSSR count). The summed E-state index contributed by atoms with van der Waals surface area (Å²) in [6, 6.07) is 8.86. The average Bonchev–Trinajstić information content (AvgIpc) is 3.74. The lowest BCUT2D eigenvalue weighted by Crippen LogP contribution is -2.58. The SMILES string of the molecule is Cc1ccnc(C)c1C(=O)N1CCC(C)(N2CCC(N(Cc3ccccc3F)C(=O)C3CC3)CC2)CC1.Cl.Cl. The molecule has 3 aliphatic rings. The summed E-state index contributed by atoms with van der Waals surface area (Å²) in [6.45, 7) is 9.87. The van der Waals surface area contributed by atoms with Gasteiger partial charge in [0.25, 0.3) is 5.91 Å². The monoisotopic (exact) mass is 578 g/mol. The summed E-state index contributed by atoms with van der Waals surface area (Å²) in [5.41, 5.74) is 3.15. The molecule has 0 spiro atoms. The van der Waals surface area contributed by atoms with Crippen LogP contribution >= 0.6 is 24.8 Å². The van der Waals surface area contributed by atoms with Crippen LogP contribution in [0.2, 0.25) is 0 Å². The highest BCUT2D eigenvalue weighted by Gasteiger charge is 2.42. The highest BCUT2D eigenvalue weighted by atomic mass is 35.5. The van der Waals surface area contributed by atoms with E-state index in [1.807, 2.05) is 35.8 Å². The molecule has 2 saturated heterocycles. The number of carbonyl (C=O) groups excluding carboxylic acids is 2. The maximum atomic E-state index is 14.4. The fourth-order valence-electron chi connectivity index (χ4n) is 6.16. The number of piperidine rings is 2. The van der Waals surface area contributed by atoms with Gasteiger partial charge in [-0.1, -0.05) is 18.2 Å². The van der Waals surface area contributed by atoms with Gasteiger partial charge in [-0.3, -0.25) is 19.5 Å². The molecule has 2 aliphatic heterocycles. The lowest BCUT2D eigenvalue weighted by Gasteiger charge is -2.50. The first-order valence-electron chi connectivity index (χ1n) is 13.8. The molecule has 3 fully saturated rings. The van der Waals surface area contributed by atoms with E-state index in [1.54, 1.807) is 18.3 Å². The molecule has 1 saturated carbocycles. The molecule has 0 bridgehead atoms. The first kappa shape index (κ1) is 31.3. The molecular formula is C30H41Cl2FN4O2. The van der Waals surface area contributed by atoms with Crippen molar-refractivity contribution in [1.82, 2.24) is 19.7 Å². The number of halogens is 3. The first-order valence-corrected chi connectivity index (χ1v) is 13.8. The summed E-state index contributed by atoms with van der Waals surface area (Å²) in [4.78, 5) is 37.3. The summed E-state index contributed by atoms with van der Waals surface area (Å²) in [7, 11) is 0. The van der Waals surface area contributed by atoms with Crippen molar-refractivity contribution < 1.29 is 14.0 Å². The van der Waals surface area contributed by atoms with Crippen molar-refractivity contribution in [3.05, 3.63) is 64.7 Å². The average molecular weight is 580 g/mol. The summed E-state index contributed by atoms with van der Waals surface area (Å²) in [6.07, 6.45) is 7.34. The second-order valence-corrected chi connectivity index (χ2v) is 11.4. The zero-order chi connectivity index (χ0) is 26.2. The Bertz CT molecular complexity index is 1140. The van der Waals surface area contributed by atoms with Crippen LogP contribution in [0.15, 0.2) is 36.5 Å². The number of rotatable bonds is 6. The Morgan fingerprint density at radius 2 is 1.64 bits per heavy atom. The van der Waals surface area contributed by atoms with Crippen LogP contribution in [-0.2, 0) is 11.3 Å². The van der Waals surface area contributed by atoms with Crippen molar-refractivity contribution in [2.45, 2.75) is 77.4 Å². The van der Waals surface area contributed by atoms with Gasteiger partial charge >= 0.3 is 0 Å². The molecule has 0 radical (unpaired) electrons. The van der Waals surface area contributed by atoms with Crippen molar-refractivity contribution in [2.24, 2.45) is 5.92 Å². The number of likely N-dealkylation sites (tertiary alicyclic amines) is 2. The molecule has 1 aliphatic carbocycles.